The van der Waals surface area contributed by atoms with E-state index in [4.69, 9.17) is 0 Å². The maximum absolute atomic E-state index is 13.4. The molecule has 0 saturated carbocycles. The summed E-state index contributed by atoms with van der Waals surface area (Å²) in [6.45, 7) is 0.865. The molecule has 134 valence electrons. The van der Waals surface area contributed by atoms with Crippen LogP contribution in [0.5, 0.6) is 0 Å². The van der Waals surface area contributed by atoms with Crippen LogP contribution in [0, 0.1) is 5.82 Å². The smallest absolute Gasteiger partial charge is 0.212 e. The number of hydrogen-bond acceptors (Lipinski definition) is 4. The Hall–Kier alpha value is -1.03. The predicted octanol–water partition coefficient (Wildman–Crippen LogP) is 1.40. The largest absolute Gasteiger partial charge is 0.243 e. The van der Waals surface area contributed by atoms with E-state index < -0.39 is 31.4 Å². The summed E-state index contributed by atoms with van der Waals surface area (Å²) < 4.78 is 66.0. The highest BCUT2D eigenvalue weighted by atomic mass is 32.2. The minimum Gasteiger partial charge on any atom is -0.212 e. The summed E-state index contributed by atoms with van der Waals surface area (Å²) >= 11 is 0. The highest BCUT2D eigenvalue weighted by Gasteiger charge is 2.49. The standard InChI is InChI=1S/C15H21FN2O4S2/c1-23(19,20)18-10-4-8-15(18)7-3-9-17(12-15)24(21,22)14-6-2-5-13(16)11-14/h2,5-6,11H,3-4,7-10,12H2,1H3. The summed E-state index contributed by atoms with van der Waals surface area (Å²) in [5.74, 6) is -0.610. The third-order valence-electron chi connectivity index (χ3n) is 4.89. The first-order chi connectivity index (χ1) is 11.2. The third kappa shape index (κ3) is 3.10. The van der Waals surface area contributed by atoms with Crippen molar-refractivity contribution in [2.24, 2.45) is 0 Å². The first-order valence-corrected chi connectivity index (χ1v) is 11.2. The molecule has 2 fully saturated rings. The van der Waals surface area contributed by atoms with E-state index in [9.17, 15) is 21.2 Å². The molecule has 0 N–H and O–H groups in total. The minimum atomic E-state index is -3.85. The van der Waals surface area contributed by atoms with Crippen molar-refractivity contribution >= 4 is 20.0 Å². The van der Waals surface area contributed by atoms with Crippen molar-refractivity contribution in [3.05, 3.63) is 30.1 Å². The van der Waals surface area contributed by atoms with Crippen molar-refractivity contribution in [2.45, 2.75) is 36.1 Å². The number of benzene rings is 1. The van der Waals surface area contributed by atoms with E-state index in [0.717, 1.165) is 12.5 Å². The molecule has 0 radical (unpaired) electrons. The Bertz CT molecular complexity index is 841. The summed E-state index contributed by atoms with van der Waals surface area (Å²) in [5, 5.41) is 0. The number of hydrogen-bond donors (Lipinski definition) is 0. The number of rotatable bonds is 3. The topological polar surface area (TPSA) is 74.8 Å². The molecule has 1 aromatic carbocycles. The van der Waals surface area contributed by atoms with E-state index >= 15 is 0 Å². The SMILES string of the molecule is CS(=O)(=O)N1CCCC12CCCN(S(=O)(=O)c1cccc(F)c1)C2. The van der Waals surface area contributed by atoms with Crippen LogP contribution in [0.4, 0.5) is 4.39 Å². The number of piperidine rings is 1. The van der Waals surface area contributed by atoms with Crippen molar-refractivity contribution in [1.82, 2.24) is 8.61 Å². The van der Waals surface area contributed by atoms with Gasteiger partial charge in [0.05, 0.1) is 11.2 Å². The van der Waals surface area contributed by atoms with Gasteiger partial charge in [-0.15, -0.1) is 0 Å². The van der Waals surface area contributed by atoms with Gasteiger partial charge in [-0.2, -0.15) is 8.61 Å². The second-order valence-electron chi connectivity index (χ2n) is 6.56. The van der Waals surface area contributed by atoms with Crippen LogP contribution in [0.3, 0.4) is 0 Å². The van der Waals surface area contributed by atoms with Crippen LogP contribution >= 0.6 is 0 Å². The number of sulfonamides is 2. The maximum Gasteiger partial charge on any atom is 0.243 e. The Labute approximate surface area is 142 Å². The zero-order valence-corrected chi connectivity index (χ0v) is 15.1. The summed E-state index contributed by atoms with van der Waals surface area (Å²) in [7, 11) is -7.24. The molecule has 0 aromatic heterocycles. The van der Waals surface area contributed by atoms with E-state index in [0.29, 0.717) is 32.4 Å². The summed E-state index contributed by atoms with van der Waals surface area (Å²) in [6.07, 6.45) is 3.77. The summed E-state index contributed by atoms with van der Waals surface area (Å²) in [5.41, 5.74) is -0.674. The molecule has 2 saturated heterocycles. The van der Waals surface area contributed by atoms with Gasteiger partial charge in [-0.1, -0.05) is 6.07 Å². The van der Waals surface area contributed by atoms with Crippen molar-refractivity contribution in [3.8, 4) is 0 Å². The van der Waals surface area contributed by atoms with Crippen LogP contribution in [0.15, 0.2) is 29.2 Å². The minimum absolute atomic E-state index is 0.0940. The van der Waals surface area contributed by atoms with Gasteiger partial charge in [-0.25, -0.2) is 21.2 Å². The second kappa shape index (κ2) is 6.05. The lowest BCUT2D eigenvalue weighted by Gasteiger charge is -2.44. The number of halogens is 1. The highest BCUT2D eigenvalue weighted by molar-refractivity contribution is 7.89. The monoisotopic (exact) mass is 376 g/mol. The average Bonchev–Trinajstić information content (AvgIpc) is 2.90. The van der Waals surface area contributed by atoms with Crippen LogP contribution in [-0.2, 0) is 20.0 Å². The quantitative estimate of drug-likeness (QED) is 0.799. The van der Waals surface area contributed by atoms with E-state index in [2.05, 4.69) is 0 Å². The van der Waals surface area contributed by atoms with E-state index in [1.807, 2.05) is 0 Å². The molecule has 2 aliphatic rings. The van der Waals surface area contributed by atoms with Gasteiger partial charge in [0, 0.05) is 25.2 Å². The van der Waals surface area contributed by atoms with Crippen LogP contribution in [0.1, 0.15) is 25.7 Å². The van der Waals surface area contributed by atoms with Gasteiger partial charge < -0.3 is 0 Å². The fourth-order valence-electron chi connectivity index (χ4n) is 3.89. The third-order valence-corrected chi connectivity index (χ3v) is 8.10. The van der Waals surface area contributed by atoms with Crippen LogP contribution in [0.2, 0.25) is 0 Å². The maximum atomic E-state index is 13.4. The van der Waals surface area contributed by atoms with Crippen LogP contribution in [0.25, 0.3) is 0 Å². The molecule has 1 atom stereocenters. The molecule has 0 bridgehead atoms. The molecule has 1 spiro atoms. The summed E-state index contributed by atoms with van der Waals surface area (Å²) in [4.78, 5) is -0.0940. The van der Waals surface area contributed by atoms with Gasteiger partial charge >= 0.3 is 0 Å². The van der Waals surface area contributed by atoms with Gasteiger partial charge in [-0.05, 0) is 43.9 Å². The normalized spacial score (nSPS) is 26.9. The number of nitrogens with zero attached hydrogens (tertiary/aromatic N) is 2. The van der Waals surface area contributed by atoms with Crippen LogP contribution in [-0.4, -0.2) is 56.9 Å². The molecule has 1 unspecified atom stereocenters. The molecule has 1 aromatic rings. The lowest BCUT2D eigenvalue weighted by Crippen LogP contribution is -2.58. The van der Waals surface area contributed by atoms with Gasteiger partial charge in [-0.3, -0.25) is 0 Å². The first-order valence-electron chi connectivity index (χ1n) is 7.89. The lowest BCUT2D eigenvalue weighted by molar-refractivity contribution is 0.138. The fraction of sp³-hybridized carbons (Fsp3) is 0.600. The van der Waals surface area contributed by atoms with Crippen molar-refractivity contribution < 1.29 is 21.2 Å². The second-order valence-corrected chi connectivity index (χ2v) is 10.4. The molecule has 24 heavy (non-hydrogen) atoms. The molecule has 9 heteroatoms. The van der Waals surface area contributed by atoms with E-state index in [-0.39, 0.29) is 11.4 Å². The van der Waals surface area contributed by atoms with Gasteiger partial charge in [0.15, 0.2) is 0 Å². The molecule has 0 amide bonds. The van der Waals surface area contributed by atoms with E-state index in [1.54, 1.807) is 0 Å². The predicted molar refractivity (Wildman–Crippen MR) is 87.9 cm³/mol. The van der Waals surface area contributed by atoms with Crippen LogP contribution < -0.4 is 0 Å². The zero-order valence-electron chi connectivity index (χ0n) is 13.5. The Balaban J connectivity index is 1.94. The van der Waals surface area contributed by atoms with Gasteiger partial charge in [0.25, 0.3) is 0 Å². The van der Waals surface area contributed by atoms with Gasteiger partial charge in [0.2, 0.25) is 20.0 Å². The Morgan fingerprint density at radius 2 is 1.75 bits per heavy atom. The Morgan fingerprint density at radius 3 is 2.38 bits per heavy atom. The van der Waals surface area contributed by atoms with Crippen molar-refractivity contribution in [2.75, 3.05) is 25.9 Å². The molecular weight excluding hydrogens is 355 g/mol. The molecular formula is C15H21FN2O4S2. The van der Waals surface area contributed by atoms with E-state index in [1.165, 1.54) is 33.1 Å². The molecule has 3 rings (SSSR count). The van der Waals surface area contributed by atoms with Crippen molar-refractivity contribution in [3.63, 3.8) is 0 Å². The molecule has 0 aliphatic carbocycles. The first kappa shape index (κ1) is 17.8. The Kier molecular flexibility index (Phi) is 4.48. The zero-order chi connectivity index (χ0) is 17.6. The van der Waals surface area contributed by atoms with Gasteiger partial charge in [0.1, 0.15) is 5.82 Å². The molecule has 2 heterocycles. The average molecular weight is 376 g/mol. The fourth-order valence-corrected chi connectivity index (χ4v) is 6.89. The molecule has 2 aliphatic heterocycles. The highest BCUT2D eigenvalue weighted by Crippen LogP contribution is 2.40. The lowest BCUT2D eigenvalue weighted by atomic mass is 9.89. The van der Waals surface area contributed by atoms with Crippen molar-refractivity contribution in [1.29, 1.82) is 0 Å². The summed E-state index contributed by atoms with van der Waals surface area (Å²) in [6, 6.07) is 4.92. The Morgan fingerprint density at radius 1 is 1.08 bits per heavy atom. The molecule has 6 nitrogen and oxygen atoms in total.